The fourth-order valence-corrected chi connectivity index (χ4v) is 2.99. The molecule has 0 saturated carbocycles. The number of rotatable bonds is 6. The zero-order chi connectivity index (χ0) is 20.1. The second-order valence-electron chi connectivity index (χ2n) is 6.10. The van der Waals surface area contributed by atoms with Gasteiger partial charge in [0, 0.05) is 5.56 Å². The van der Waals surface area contributed by atoms with Crippen molar-refractivity contribution in [3.05, 3.63) is 71.8 Å². The summed E-state index contributed by atoms with van der Waals surface area (Å²) in [5.41, 5.74) is 11.6. The van der Waals surface area contributed by atoms with E-state index < -0.39 is 0 Å². The van der Waals surface area contributed by atoms with E-state index in [2.05, 4.69) is 32.4 Å². The molecule has 0 aliphatic carbocycles. The predicted molar refractivity (Wildman–Crippen MR) is 106 cm³/mol. The molecule has 0 saturated heterocycles. The summed E-state index contributed by atoms with van der Waals surface area (Å²) in [5.74, 6) is 2.06. The molecule has 146 valence electrons. The van der Waals surface area contributed by atoms with E-state index in [0.29, 0.717) is 23.8 Å². The van der Waals surface area contributed by atoms with Crippen LogP contribution in [0.1, 0.15) is 17.0 Å². The Morgan fingerprint density at radius 2 is 2.03 bits per heavy atom. The number of aliphatic imine (C=N–C) groups is 1. The van der Waals surface area contributed by atoms with Gasteiger partial charge in [-0.15, -0.1) is 0 Å². The van der Waals surface area contributed by atoms with Crippen molar-refractivity contribution < 1.29 is 9.47 Å². The van der Waals surface area contributed by atoms with E-state index in [9.17, 15) is 5.26 Å². The highest BCUT2D eigenvalue weighted by Gasteiger charge is 2.21. The maximum atomic E-state index is 9.32. The molecule has 0 spiro atoms. The minimum atomic E-state index is 0.248. The van der Waals surface area contributed by atoms with Crippen LogP contribution in [0, 0.1) is 11.3 Å². The lowest BCUT2D eigenvalue weighted by molar-refractivity contribution is 0.254. The van der Waals surface area contributed by atoms with Gasteiger partial charge in [0.1, 0.15) is 29.7 Å². The Bertz CT molecular complexity index is 1070. The van der Waals surface area contributed by atoms with Gasteiger partial charge in [0.2, 0.25) is 0 Å². The number of para-hydroxylation sites is 1. The molecular weight excluding hydrogens is 370 g/mol. The number of amidine groups is 1. The second-order valence-corrected chi connectivity index (χ2v) is 6.10. The first-order valence-electron chi connectivity index (χ1n) is 8.91. The number of hydrazine groups is 2. The van der Waals surface area contributed by atoms with E-state index in [4.69, 9.17) is 9.47 Å². The molecular formula is C20H19N7O2. The number of benzene rings is 2. The Hall–Kier alpha value is -3.87. The Morgan fingerprint density at radius 3 is 2.83 bits per heavy atom. The summed E-state index contributed by atoms with van der Waals surface area (Å²) < 4.78 is 12.8. The van der Waals surface area contributed by atoms with Gasteiger partial charge in [-0.1, -0.05) is 18.2 Å². The predicted octanol–water partition coefficient (Wildman–Crippen LogP) is 1.65. The van der Waals surface area contributed by atoms with Gasteiger partial charge in [-0.3, -0.25) is 15.0 Å². The van der Waals surface area contributed by atoms with Crippen LogP contribution in [0.4, 0.5) is 0 Å². The number of hydrogen-bond donors (Lipinski definition) is 3. The molecule has 0 unspecified atom stereocenters. The number of nitriles is 1. The van der Waals surface area contributed by atoms with Crippen LogP contribution in [0.15, 0.2) is 59.9 Å². The first kappa shape index (κ1) is 18.5. The average molecular weight is 389 g/mol. The number of methoxy groups -OCH3 is 1. The summed E-state index contributed by atoms with van der Waals surface area (Å²) in [6.45, 7) is 0.558. The third-order valence-corrected chi connectivity index (χ3v) is 4.40. The standard InChI is InChI=1S/C20H19N7O2/c1-28-15-7-8-18-16(9-15)20(22-11-19-17(10-21)23-12-27(18)19)25-26-24-13-29-14-5-3-2-4-6-14/h2-9,12,24,26H,11,13H2,1H3,(H,22,25). The Labute approximate surface area is 167 Å². The number of aromatic nitrogens is 2. The van der Waals surface area contributed by atoms with Crippen LogP contribution in [0.5, 0.6) is 11.5 Å². The average Bonchev–Trinajstić information content (AvgIpc) is 3.12. The van der Waals surface area contributed by atoms with Gasteiger partial charge in [-0.25, -0.2) is 10.4 Å². The lowest BCUT2D eigenvalue weighted by Crippen LogP contribution is -2.48. The fraction of sp³-hybridized carbons (Fsp3) is 0.150. The van der Waals surface area contributed by atoms with E-state index in [1.54, 1.807) is 13.4 Å². The van der Waals surface area contributed by atoms with Crippen molar-refractivity contribution >= 4 is 5.84 Å². The van der Waals surface area contributed by atoms with Crippen LogP contribution in [0.2, 0.25) is 0 Å². The highest BCUT2D eigenvalue weighted by atomic mass is 16.5. The molecule has 2 aromatic carbocycles. The number of nitrogens with zero attached hydrogens (tertiary/aromatic N) is 4. The first-order valence-corrected chi connectivity index (χ1v) is 8.91. The lowest BCUT2D eigenvalue weighted by atomic mass is 10.1. The third kappa shape index (κ3) is 3.89. The molecule has 3 aromatic rings. The van der Waals surface area contributed by atoms with E-state index in [1.807, 2.05) is 53.1 Å². The van der Waals surface area contributed by atoms with Gasteiger partial charge in [-0.2, -0.15) is 10.8 Å². The topological polar surface area (TPSA) is 109 Å². The monoisotopic (exact) mass is 389 g/mol. The number of hydrogen-bond acceptors (Lipinski definition) is 8. The summed E-state index contributed by atoms with van der Waals surface area (Å²) in [7, 11) is 1.61. The molecule has 1 aliphatic rings. The minimum absolute atomic E-state index is 0.248. The molecule has 2 heterocycles. The van der Waals surface area contributed by atoms with Crippen LogP contribution in [0.3, 0.4) is 0 Å². The van der Waals surface area contributed by atoms with E-state index in [0.717, 1.165) is 22.7 Å². The van der Waals surface area contributed by atoms with Gasteiger partial charge in [-0.05, 0) is 30.3 Å². The highest BCUT2D eigenvalue weighted by Crippen LogP contribution is 2.26. The summed E-state index contributed by atoms with van der Waals surface area (Å²) in [6, 6.07) is 17.3. The molecule has 0 amide bonds. The largest absolute Gasteiger partial charge is 0.497 e. The summed E-state index contributed by atoms with van der Waals surface area (Å²) >= 11 is 0. The van der Waals surface area contributed by atoms with Gasteiger partial charge in [0.05, 0.1) is 25.0 Å². The van der Waals surface area contributed by atoms with E-state index in [-0.39, 0.29) is 6.73 Å². The first-order chi connectivity index (χ1) is 14.3. The highest BCUT2D eigenvalue weighted by molar-refractivity contribution is 6.02. The van der Waals surface area contributed by atoms with Crippen LogP contribution >= 0.6 is 0 Å². The number of nitrogens with one attached hydrogen (secondary N) is 3. The number of imidazole rings is 1. The SMILES string of the molecule is COc1ccc2c(c1)C(NNNCOc1ccccc1)=NCc1c(C#N)ncn1-2. The Balaban J connectivity index is 1.50. The Kier molecular flexibility index (Phi) is 5.38. The van der Waals surface area contributed by atoms with Gasteiger partial charge >= 0.3 is 0 Å². The smallest absolute Gasteiger partial charge is 0.163 e. The number of fused-ring (bicyclic) bond motifs is 3. The summed E-state index contributed by atoms with van der Waals surface area (Å²) in [5, 5.41) is 9.32. The quantitative estimate of drug-likeness (QED) is 0.334. The molecule has 9 nitrogen and oxygen atoms in total. The fourth-order valence-electron chi connectivity index (χ4n) is 2.99. The molecule has 4 rings (SSSR count). The van der Waals surface area contributed by atoms with Crippen molar-refractivity contribution in [2.75, 3.05) is 13.8 Å². The molecule has 0 fully saturated rings. The molecule has 0 radical (unpaired) electrons. The molecule has 29 heavy (non-hydrogen) atoms. The van der Waals surface area contributed by atoms with Gasteiger partial charge in [0.15, 0.2) is 12.4 Å². The summed E-state index contributed by atoms with van der Waals surface area (Å²) in [4.78, 5) is 8.79. The van der Waals surface area contributed by atoms with Crippen LogP contribution in [-0.4, -0.2) is 29.2 Å². The maximum absolute atomic E-state index is 9.32. The molecule has 3 N–H and O–H groups in total. The summed E-state index contributed by atoms with van der Waals surface area (Å²) in [6.07, 6.45) is 1.64. The minimum Gasteiger partial charge on any atom is -0.497 e. The van der Waals surface area contributed by atoms with Crippen molar-refractivity contribution in [2.45, 2.75) is 6.54 Å². The van der Waals surface area contributed by atoms with Crippen molar-refractivity contribution in [1.29, 1.82) is 5.26 Å². The lowest BCUT2D eigenvalue weighted by Gasteiger charge is -2.15. The molecule has 0 atom stereocenters. The normalized spacial score (nSPS) is 12.1. The van der Waals surface area contributed by atoms with E-state index >= 15 is 0 Å². The van der Waals surface area contributed by atoms with Crippen molar-refractivity contribution in [2.24, 2.45) is 4.99 Å². The molecule has 0 bridgehead atoms. The van der Waals surface area contributed by atoms with Crippen LogP contribution in [0.25, 0.3) is 5.69 Å². The molecule has 1 aliphatic heterocycles. The second kappa shape index (κ2) is 8.43. The van der Waals surface area contributed by atoms with Gasteiger partial charge < -0.3 is 9.47 Å². The van der Waals surface area contributed by atoms with E-state index in [1.165, 1.54) is 0 Å². The third-order valence-electron chi connectivity index (χ3n) is 4.40. The molecule has 9 heteroatoms. The number of ether oxygens (including phenoxy) is 2. The molecule has 1 aromatic heterocycles. The van der Waals surface area contributed by atoms with Gasteiger partial charge in [0.25, 0.3) is 0 Å². The van der Waals surface area contributed by atoms with Crippen LogP contribution < -0.4 is 25.9 Å². The Morgan fingerprint density at radius 1 is 1.17 bits per heavy atom. The zero-order valence-corrected chi connectivity index (χ0v) is 15.7. The van der Waals surface area contributed by atoms with Crippen LogP contribution in [-0.2, 0) is 6.54 Å². The zero-order valence-electron chi connectivity index (χ0n) is 15.7. The van der Waals surface area contributed by atoms with Crippen molar-refractivity contribution in [3.8, 4) is 23.3 Å². The van der Waals surface area contributed by atoms with Crippen molar-refractivity contribution in [3.63, 3.8) is 0 Å². The maximum Gasteiger partial charge on any atom is 0.163 e. The van der Waals surface area contributed by atoms with Crippen molar-refractivity contribution in [1.82, 2.24) is 25.9 Å².